The van der Waals surface area contributed by atoms with Crippen molar-refractivity contribution in [3.8, 4) is 5.75 Å². The van der Waals surface area contributed by atoms with Crippen LogP contribution in [0.2, 0.25) is 0 Å². The Labute approximate surface area is 90.6 Å². The van der Waals surface area contributed by atoms with Gasteiger partial charge in [-0.2, -0.15) is 5.10 Å². The normalized spacial score (nSPS) is 16.4. The highest BCUT2D eigenvalue weighted by Gasteiger charge is 2.21. The van der Waals surface area contributed by atoms with Crippen molar-refractivity contribution in [1.29, 1.82) is 0 Å². The third-order valence-electron chi connectivity index (χ3n) is 2.53. The van der Waals surface area contributed by atoms with E-state index in [1.165, 1.54) is 11.8 Å². The number of hydrogen-bond acceptors (Lipinski definition) is 4. The van der Waals surface area contributed by atoms with Crippen LogP contribution in [-0.2, 0) is 0 Å². The molecule has 0 saturated heterocycles. The maximum atomic E-state index is 9.73. The molecule has 0 atom stereocenters. The molecule has 15 heavy (non-hydrogen) atoms. The number of thioether (sulfide) groups is 1. The number of rotatable bonds is 0. The monoisotopic (exact) mass is 216 g/mol. The van der Waals surface area contributed by atoms with Crippen molar-refractivity contribution in [1.82, 2.24) is 0 Å². The largest absolute Gasteiger partial charge is 0.507 e. The fraction of sp³-hybridized carbons (Fsp3) is 0. The number of phenols is 1. The molecule has 3 rings (SSSR count). The van der Waals surface area contributed by atoms with E-state index >= 15 is 0 Å². The van der Waals surface area contributed by atoms with Crippen molar-refractivity contribution in [2.75, 3.05) is 0 Å². The molecule has 2 aromatic carbocycles. The molecule has 3 N–H and O–H groups in total. The van der Waals surface area contributed by atoms with Crippen molar-refractivity contribution in [2.45, 2.75) is 4.90 Å². The minimum absolute atomic E-state index is 0.300. The molecule has 0 aliphatic carbocycles. The SMILES string of the molecule is N/N=C1\Sc2cccc3c(O)ccc1c23. The second kappa shape index (κ2) is 2.90. The average molecular weight is 216 g/mol. The fourth-order valence-electron chi connectivity index (χ4n) is 1.88. The van der Waals surface area contributed by atoms with Crippen LogP contribution >= 0.6 is 11.8 Å². The van der Waals surface area contributed by atoms with Crippen molar-refractivity contribution < 1.29 is 5.11 Å². The number of hydrogen-bond donors (Lipinski definition) is 2. The van der Waals surface area contributed by atoms with Crippen molar-refractivity contribution >= 4 is 27.6 Å². The summed E-state index contributed by atoms with van der Waals surface area (Å²) >= 11 is 1.54. The Morgan fingerprint density at radius 3 is 2.87 bits per heavy atom. The van der Waals surface area contributed by atoms with Crippen molar-refractivity contribution in [2.24, 2.45) is 10.9 Å². The maximum Gasteiger partial charge on any atom is 0.128 e. The zero-order valence-electron chi connectivity index (χ0n) is 7.77. The van der Waals surface area contributed by atoms with E-state index in [-0.39, 0.29) is 0 Å². The highest BCUT2D eigenvalue weighted by atomic mass is 32.2. The molecule has 4 heteroatoms. The van der Waals surface area contributed by atoms with Gasteiger partial charge in [0.15, 0.2) is 0 Å². The highest BCUT2D eigenvalue weighted by Crippen LogP contribution is 2.43. The molecule has 0 fully saturated rings. The fourth-order valence-corrected chi connectivity index (χ4v) is 2.89. The van der Waals surface area contributed by atoms with Crippen molar-refractivity contribution in [3.63, 3.8) is 0 Å². The van der Waals surface area contributed by atoms with Gasteiger partial charge in [-0.3, -0.25) is 0 Å². The van der Waals surface area contributed by atoms with E-state index in [2.05, 4.69) is 5.10 Å². The number of nitrogens with zero attached hydrogens (tertiary/aromatic N) is 1. The van der Waals surface area contributed by atoms with Crippen LogP contribution in [0.15, 0.2) is 40.3 Å². The number of nitrogens with two attached hydrogens (primary N) is 1. The Bertz CT molecular complexity index is 592. The van der Waals surface area contributed by atoms with Gasteiger partial charge in [0.1, 0.15) is 10.8 Å². The van der Waals surface area contributed by atoms with Crippen LogP contribution < -0.4 is 5.84 Å². The van der Waals surface area contributed by atoms with Crippen LogP contribution in [0.25, 0.3) is 10.8 Å². The molecule has 74 valence electrons. The summed E-state index contributed by atoms with van der Waals surface area (Å²) in [7, 11) is 0. The predicted octanol–water partition coefficient (Wildman–Crippen LogP) is 2.27. The van der Waals surface area contributed by atoms with E-state index < -0.39 is 0 Å². The molecular formula is C11H8N2OS. The van der Waals surface area contributed by atoms with E-state index in [0.717, 1.165) is 26.3 Å². The number of phenolic OH excluding ortho intramolecular Hbond substituents is 1. The summed E-state index contributed by atoms with van der Waals surface area (Å²) in [4.78, 5) is 1.10. The first-order valence-corrected chi connectivity index (χ1v) is 5.33. The summed E-state index contributed by atoms with van der Waals surface area (Å²) in [5.41, 5.74) is 1.01. The molecule has 1 heterocycles. The summed E-state index contributed by atoms with van der Waals surface area (Å²) in [6.07, 6.45) is 0. The lowest BCUT2D eigenvalue weighted by atomic mass is 10.0. The summed E-state index contributed by atoms with van der Waals surface area (Å²) in [6, 6.07) is 9.37. The molecule has 1 aliphatic heterocycles. The van der Waals surface area contributed by atoms with E-state index in [1.54, 1.807) is 6.07 Å². The lowest BCUT2D eigenvalue weighted by Gasteiger charge is -2.01. The van der Waals surface area contributed by atoms with Crippen molar-refractivity contribution in [3.05, 3.63) is 35.9 Å². The predicted molar refractivity (Wildman–Crippen MR) is 62.2 cm³/mol. The van der Waals surface area contributed by atoms with Crippen LogP contribution in [0, 0.1) is 0 Å². The van der Waals surface area contributed by atoms with Gasteiger partial charge in [-0.25, -0.2) is 0 Å². The smallest absolute Gasteiger partial charge is 0.128 e. The topological polar surface area (TPSA) is 58.6 Å². The van der Waals surface area contributed by atoms with Gasteiger partial charge in [-0.1, -0.05) is 23.9 Å². The average Bonchev–Trinajstić information content (AvgIpc) is 2.63. The first-order chi connectivity index (χ1) is 7.31. The Hall–Kier alpha value is -1.68. The summed E-state index contributed by atoms with van der Waals surface area (Å²) in [5.74, 6) is 5.63. The lowest BCUT2D eigenvalue weighted by Crippen LogP contribution is -1.94. The van der Waals surface area contributed by atoms with Crippen LogP contribution in [0.4, 0.5) is 0 Å². The third-order valence-corrected chi connectivity index (χ3v) is 3.61. The molecule has 0 spiro atoms. The molecule has 0 unspecified atom stereocenters. The van der Waals surface area contributed by atoms with Crippen LogP contribution in [0.5, 0.6) is 5.75 Å². The second-order valence-electron chi connectivity index (χ2n) is 3.35. The van der Waals surface area contributed by atoms with Gasteiger partial charge in [0.05, 0.1) is 0 Å². The lowest BCUT2D eigenvalue weighted by molar-refractivity contribution is 0.481. The molecule has 3 nitrogen and oxygen atoms in total. The van der Waals surface area contributed by atoms with Crippen LogP contribution in [0.3, 0.4) is 0 Å². The van der Waals surface area contributed by atoms with Gasteiger partial charge < -0.3 is 10.9 Å². The van der Waals surface area contributed by atoms with E-state index in [4.69, 9.17) is 5.84 Å². The van der Waals surface area contributed by atoms with Gasteiger partial charge in [0.25, 0.3) is 0 Å². The Morgan fingerprint density at radius 2 is 2.07 bits per heavy atom. The van der Waals surface area contributed by atoms with E-state index in [1.807, 2.05) is 24.3 Å². The Balaban J connectivity index is 2.51. The molecule has 0 saturated carbocycles. The van der Waals surface area contributed by atoms with E-state index in [0.29, 0.717) is 5.75 Å². The van der Waals surface area contributed by atoms with Gasteiger partial charge in [-0.15, -0.1) is 0 Å². The number of benzene rings is 2. The van der Waals surface area contributed by atoms with Gasteiger partial charge in [-0.05, 0) is 18.2 Å². The summed E-state index contributed by atoms with van der Waals surface area (Å²) in [6.45, 7) is 0. The first-order valence-electron chi connectivity index (χ1n) is 4.52. The van der Waals surface area contributed by atoms with Gasteiger partial charge >= 0.3 is 0 Å². The molecule has 2 aromatic rings. The Morgan fingerprint density at radius 1 is 1.20 bits per heavy atom. The number of hydrazone groups is 1. The van der Waals surface area contributed by atoms with Crippen LogP contribution in [-0.4, -0.2) is 10.2 Å². The maximum absolute atomic E-state index is 9.73. The summed E-state index contributed by atoms with van der Waals surface area (Å²) in [5, 5.41) is 16.2. The molecule has 1 aliphatic rings. The minimum Gasteiger partial charge on any atom is -0.507 e. The molecule has 0 bridgehead atoms. The Kier molecular flexibility index (Phi) is 1.67. The molecular weight excluding hydrogens is 208 g/mol. The molecule has 0 amide bonds. The third kappa shape index (κ3) is 1.05. The minimum atomic E-state index is 0.300. The van der Waals surface area contributed by atoms with Crippen LogP contribution in [0.1, 0.15) is 5.56 Å². The zero-order valence-corrected chi connectivity index (χ0v) is 8.58. The van der Waals surface area contributed by atoms with E-state index in [9.17, 15) is 5.11 Å². The summed E-state index contributed by atoms with van der Waals surface area (Å²) < 4.78 is 0. The van der Waals surface area contributed by atoms with Gasteiger partial charge in [0.2, 0.25) is 0 Å². The second-order valence-corrected chi connectivity index (χ2v) is 4.38. The zero-order chi connectivity index (χ0) is 10.4. The van der Waals surface area contributed by atoms with Gasteiger partial charge in [0, 0.05) is 21.2 Å². The molecule has 0 aromatic heterocycles. The highest BCUT2D eigenvalue weighted by molar-refractivity contribution is 8.15. The first kappa shape index (κ1) is 8.61. The standard InChI is InChI=1S/C11H8N2OS/c12-13-11-7-4-5-8(14)6-2-1-3-9(15-11)10(6)7/h1-5,14H,12H2/b13-11-. The molecule has 0 radical (unpaired) electrons. The quantitative estimate of drug-likeness (QED) is 0.524. The number of aromatic hydroxyl groups is 1.